The molecule has 11 heteroatoms. The third kappa shape index (κ3) is 4.60. The average molecular weight is 576 g/mol. The van der Waals surface area contributed by atoms with Crippen LogP contribution in [0.2, 0.25) is 0 Å². The molecule has 2 aromatic heterocycles. The number of aromatic nitrogens is 1. The van der Waals surface area contributed by atoms with Crippen molar-refractivity contribution in [2.45, 2.75) is 19.9 Å². The van der Waals surface area contributed by atoms with Crippen molar-refractivity contribution in [1.82, 2.24) is 4.57 Å². The fourth-order valence-electron chi connectivity index (χ4n) is 3.95. The molecule has 0 N–H and O–H groups in total. The van der Waals surface area contributed by atoms with Crippen LogP contribution in [0.25, 0.3) is 6.08 Å². The number of nitrogens with zero attached hydrogens (tertiary/aromatic N) is 3. The summed E-state index contributed by atoms with van der Waals surface area (Å²) in [6, 6.07) is 6.32. The first-order valence-corrected chi connectivity index (χ1v) is 12.7. The molecule has 1 aliphatic rings. The molecule has 1 atom stereocenters. The van der Waals surface area contributed by atoms with E-state index in [1.54, 1.807) is 38.1 Å². The third-order valence-corrected chi connectivity index (χ3v) is 7.31. The number of benzene rings is 1. The topological polar surface area (TPSA) is 95.5 Å². The summed E-state index contributed by atoms with van der Waals surface area (Å²) < 4.78 is 24.7. The van der Waals surface area contributed by atoms with Crippen molar-refractivity contribution in [3.05, 3.63) is 71.0 Å². The Morgan fingerprint density at radius 2 is 1.94 bits per heavy atom. The van der Waals surface area contributed by atoms with E-state index in [9.17, 15) is 9.59 Å². The number of furan rings is 1. The molecule has 0 radical (unpaired) electrons. The van der Waals surface area contributed by atoms with E-state index >= 15 is 0 Å². The zero-order valence-corrected chi connectivity index (χ0v) is 23.2. The standard InChI is InChI=1S/C25H26BrN3O6S/c1-7-34-24(31)21-13(2)27-25-29(22(21)15-11-17(32-5)18(33-6)12-16(15)26)23(30)19(36-25)10-14-8-9-20(35-14)28(3)4/h8-12,22H,7H2,1-6H3/b19-10-/t22-/m1/s1. The van der Waals surface area contributed by atoms with Crippen molar-refractivity contribution < 1.29 is 23.4 Å². The maximum Gasteiger partial charge on any atom is 0.338 e. The zero-order valence-electron chi connectivity index (χ0n) is 20.7. The Kier molecular flexibility index (Phi) is 7.41. The van der Waals surface area contributed by atoms with Gasteiger partial charge in [0.05, 0.1) is 42.7 Å². The Balaban J connectivity index is 1.98. The van der Waals surface area contributed by atoms with E-state index in [0.29, 0.717) is 48.2 Å². The molecule has 0 saturated heterocycles. The van der Waals surface area contributed by atoms with E-state index in [4.69, 9.17) is 18.6 Å². The number of anilines is 1. The van der Waals surface area contributed by atoms with Gasteiger partial charge in [-0.1, -0.05) is 27.3 Å². The number of rotatable bonds is 7. The molecule has 1 aliphatic heterocycles. The van der Waals surface area contributed by atoms with Gasteiger partial charge in [0.15, 0.2) is 22.2 Å². The van der Waals surface area contributed by atoms with Crippen LogP contribution in [0.4, 0.5) is 5.88 Å². The molecule has 0 saturated carbocycles. The monoisotopic (exact) mass is 575 g/mol. The summed E-state index contributed by atoms with van der Waals surface area (Å²) in [5, 5.41) is 0. The molecule has 190 valence electrons. The van der Waals surface area contributed by atoms with Gasteiger partial charge in [-0.25, -0.2) is 9.79 Å². The van der Waals surface area contributed by atoms with Crippen LogP contribution >= 0.6 is 27.3 Å². The lowest BCUT2D eigenvalue weighted by Crippen LogP contribution is -2.40. The lowest BCUT2D eigenvalue weighted by Gasteiger charge is -2.26. The number of carbonyl (C=O) groups is 1. The SMILES string of the molecule is CCOC(=O)C1=C(C)N=c2s/c(=C\c3ccc(N(C)C)o3)c(=O)n2[C@@H]1c1cc(OC)c(OC)cc1Br. The van der Waals surface area contributed by atoms with Gasteiger partial charge >= 0.3 is 5.97 Å². The summed E-state index contributed by atoms with van der Waals surface area (Å²) in [6.45, 7) is 3.66. The summed E-state index contributed by atoms with van der Waals surface area (Å²) in [6.07, 6.45) is 1.68. The molecule has 1 aromatic carbocycles. The highest BCUT2D eigenvalue weighted by molar-refractivity contribution is 9.10. The van der Waals surface area contributed by atoms with Crippen molar-refractivity contribution in [2.24, 2.45) is 4.99 Å². The molecule has 0 aliphatic carbocycles. The van der Waals surface area contributed by atoms with Gasteiger partial charge < -0.3 is 23.5 Å². The van der Waals surface area contributed by atoms with Crippen molar-refractivity contribution in [3.63, 3.8) is 0 Å². The molecule has 4 rings (SSSR count). The fraction of sp³-hybridized carbons (Fsp3) is 0.320. The maximum atomic E-state index is 13.7. The minimum atomic E-state index is -0.800. The molecule has 0 spiro atoms. The highest BCUT2D eigenvalue weighted by atomic mass is 79.9. The Hall–Kier alpha value is -3.31. The molecule has 9 nitrogen and oxygen atoms in total. The molecule has 3 heterocycles. The normalized spacial score (nSPS) is 15.4. The molecule has 0 fully saturated rings. The first-order valence-electron chi connectivity index (χ1n) is 11.1. The van der Waals surface area contributed by atoms with Gasteiger partial charge in [-0.2, -0.15) is 0 Å². The highest BCUT2D eigenvalue weighted by Crippen LogP contribution is 2.40. The van der Waals surface area contributed by atoms with Crippen LogP contribution in [0, 0.1) is 0 Å². The summed E-state index contributed by atoms with van der Waals surface area (Å²) in [4.78, 5) is 33.8. The summed E-state index contributed by atoms with van der Waals surface area (Å²) in [5.41, 5.74) is 1.07. The molecular formula is C25H26BrN3O6S. The van der Waals surface area contributed by atoms with Crippen LogP contribution in [0.15, 0.2) is 54.2 Å². The van der Waals surface area contributed by atoms with Crippen LogP contribution in [0.3, 0.4) is 0 Å². The average Bonchev–Trinajstić information content (AvgIpc) is 3.43. The van der Waals surface area contributed by atoms with E-state index in [-0.39, 0.29) is 17.7 Å². The Morgan fingerprint density at radius 1 is 1.25 bits per heavy atom. The number of allylic oxidation sites excluding steroid dienone is 1. The van der Waals surface area contributed by atoms with Crippen molar-refractivity contribution >= 4 is 45.2 Å². The van der Waals surface area contributed by atoms with E-state index < -0.39 is 12.0 Å². The second-order valence-corrected chi connectivity index (χ2v) is 9.96. The smallest absolute Gasteiger partial charge is 0.338 e. The van der Waals surface area contributed by atoms with Gasteiger partial charge in [-0.3, -0.25) is 9.36 Å². The van der Waals surface area contributed by atoms with Crippen molar-refractivity contribution in [1.29, 1.82) is 0 Å². The second kappa shape index (κ2) is 10.4. The summed E-state index contributed by atoms with van der Waals surface area (Å²) in [7, 11) is 6.81. The number of halogens is 1. The van der Waals surface area contributed by atoms with Gasteiger partial charge in [0, 0.05) is 30.7 Å². The van der Waals surface area contributed by atoms with E-state index in [0.717, 1.165) is 0 Å². The molecule has 36 heavy (non-hydrogen) atoms. The Morgan fingerprint density at radius 3 is 2.56 bits per heavy atom. The number of hydrogen-bond donors (Lipinski definition) is 0. The zero-order chi connectivity index (χ0) is 26.1. The largest absolute Gasteiger partial charge is 0.493 e. The predicted molar refractivity (Wildman–Crippen MR) is 141 cm³/mol. The fourth-order valence-corrected chi connectivity index (χ4v) is 5.52. The molecule has 3 aromatic rings. The Labute approximate surface area is 220 Å². The van der Waals surface area contributed by atoms with Crippen LogP contribution < -0.4 is 29.3 Å². The van der Waals surface area contributed by atoms with Crippen LogP contribution in [-0.4, -0.2) is 45.5 Å². The number of carbonyl (C=O) groups excluding carboxylic acids is 1. The van der Waals surface area contributed by atoms with Crippen molar-refractivity contribution in [3.8, 4) is 11.5 Å². The number of hydrogen-bond acceptors (Lipinski definition) is 9. The molecule has 0 bridgehead atoms. The lowest BCUT2D eigenvalue weighted by molar-refractivity contribution is -0.139. The number of methoxy groups -OCH3 is 2. The lowest BCUT2D eigenvalue weighted by atomic mass is 9.95. The second-order valence-electron chi connectivity index (χ2n) is 8.10. The first-order chi connectivity index (χ1) is 17.2. The van der Waals surface area contributed by atoms with Gasteiger partial charge in [0.2, 0.25) is 0 Å². The van der Waals surface area contributed by atoms with Crippen LogP contribution in [0.5, 0.6) is 11.5 Å². The number of esters is 1. The number of thiazole rings is 1. The van der Waals surface area contributed by atoms with Gasteiger partial charge in [-0.15, -0.1) is 0 Å². The van der Waals surface area contributed by atoms with E-state index in [2.05, 4.69) is 20.9 Å². The van der Waals surface area contributed by atoms with Crippen LogP contribution in [-0.2, 0) is 9.53 Å². The highest BCUT2D eigenvalue weighted by Gasteiger charge is 2.35. The van der Waals surface area contributed by atoms with Crippen molar-refractivity contribution in [2.75, 3.05) is 39.8 Å². The van der Waals surface area contributed by atoms with Gasteiger partial charge in [0.25, 0.3) is 5.56 Å². The summed E-state index contributed by atoms with van der Waals surface area (Å²) in [5.74, 6) is 1.63. The van der Waals surface area contributed by atoms with Gasteiger partial charge in [0.1, 0.15) is 5.76 Å². The van der Waals surface area contributed by atoms with E-state index in [1.165, 1.54) is 30.1 Å². The first kappa shape index (κ1) is 25.8. The van der Waals surface area contributed by atoms with E-state index in [1.807, 2.05) is 25.1 Å². The Bertz CT molecular complexity index is 1530. The molecular weight excluding hydrogens is 550 g/mol. The quantitative estimate of drug-likeness (QED) is 0.399. The molecule has 0 unspecified atom stereocenters. The third-order valence-electron chi connectivity index (χ3n) is 5.64. The minimum absolute atomic E-state index is 0.187. The van der Waals surface area contributed by atoms with Crippen LogP contribution in [0.1, 0.15) is 31.2 Å². The molecule has 0 amide bonds. The minimum Gasteiger partial charge on any atom is -0.493 e. The van der Waals surface area contributed by atoms with Gasteiger partial charge in [-0.05, 0) is 37.6 Å². The number of fused-ring (bicyclic) bond motifs is 1. The predicted octanol–water partition coefficient (Wildman–Crippen LogP) is 3.24. The maximum absolute atomic E-state index is 13.7. The number of ether oxygens (including phenoxy) is 3. The summed E-state index contributed by atoms with van der Waals surface area (Å²) >= 11 is 4.82.